The number of carbonyl (C=O) groups excluding carboxylic acids is 1. The summed E-state index contributed by atoms with van der Waals surface area (Å²) in [4.78, 5) is 23.5. The molecule has 0 N–H and O–H groups in total. The summed E-state index contributed by atoms with van der Waals surface area (Å²) < 4.78 is 19.3. The quantitative estimate of drug-likeness (QED) is 0.795. The summed E-state index contributed by atoms with van der Waals surface area (Å²) in [7, 11) is 0. The number of hydrogen-bond donors (Lipinski definition) is 0. The van der Waals surface area contributed by atoms with Crippen molar-refractivity contribution in [2.24, 2.45) is 5.18 Å². The maximum atomic E-state index is 14.3. The zero-order valence-corrected chi connectivity index (χ0v) is 11.1. The first kappa shape index (κ1) is 13.0. The van der Waals surface area contributed by atoms with E-state index in [1.54, 1.807) is 19.1 Å². The van der Waals surface area contributed by atoms with Crippen molar-refractivity contribution in [3.8, 4) is 0 Å². The van der Waals surface area contributed by atoms with E-state index in [0.717, 1.165) is 12.8 Å². The Hall–Kier alpha value is -1.98. The number of cyclic esters (lactones) is 1. The van der Waals surface area contributed by atoms with Crippen molar-refractivity contribution in [1.29, 1.82) is 0 Å². The van der Waals surface area contributed by atoms with Gasteiger partial charge in [0.1, 0.15) is 11.9 Å². The van der Waals surface area contributed by atoms with Gasteiger partial charge in [-0.1, -0.05) is 11.2 Å². The van der Waals surface area contributed by atoms with Crippen molar-refractivity contribution >= 4 is 11.8 Å². The molecular weight excluding hydrogens is 263 g/mol. The third-order valence-electron chi connectivity index (χ3n) is 4.02. The molecule has 2 fully saturated rings. The number of nitrogens with zero attached hydrogens (tertiary/aromatic N) is 2. The highest BCUT2D eigenvalue weighted by atomic mass is 19.1. The minimum absolute atomic E-state index is 0.103. The number of benzene rings is 1. The molecule has 3 rings (SSSR count). The molecule has 0 aromatic heterocycles. The van der Waals surface area contributed by atoms with E-state index >= 15 is 0 Å². The summed E-state index contributed by atoms with van der Waals surface area (Å²) in [6.07, 6.45) is 0.898. The molecule has 106 valence electrons. The fraction of sp³-hybridized carbons (Fsp3) is 0.500. The number of carbonyl (C=O) groups is 1. The Bertz CT molecular complexity index is 572. The van der Waals surface area contributed by atoms with Crippen molar-refractivity contribution in [1.82, 2.24) is 0 Å². The maximum Gasteiger partial charge on any atom is 0.414 e. The largest absolute Gasteiger partial charge is 0.444 e. The molecule has 1 saturated heterocycles. The molecule has 1 aromatic carbocycles. The van der Waals surface area contributed by atoms with E-state index < -0.39 is 17.3 Å². The molecule has 0 bridgehead atoms. The fourth-order valence-corrected chi connectivity index (χ4v) is 2.70. The van der Waals surface area contributed by atoms with E-state index in [1.807, 2.05) is 0 Å². The lowest BCUT2D eigenvalue weighted by molar-refractivity contribution is 0.150. The van der Waals surface area contributed by atoms with Gasteiger partial charge in [0.2, 0.25) is 0 Å². The highest BCUT2D eigenvalue weighted by Gasteiger charge is 2.46. The molecule has 1 saturated carbocycles. The smallest absolute Gasteiger partial charge is 0.414 e. The van der Waals surface area contributed by atoms with Crippen molar-refractivity contribution < 1.29 is 13.9 Å². The molecule has 1 unspecified atom stereocenters. The van der Waals surface area contributed by atoms with Crippen LogP contribution in [0.4, 0.5) is 14.9 Å². The lowest BCUT2D eigenvalue weighted by atomic mass is 9.95. The summed E-state index contributed by atoms with van der Waals surface area (Å²) in [5, 5.41) is 2.91. The van der Waals surface area contributed by atoms with Gasteiger partial charge < -0.3 is 4.74 Å². The normalized spacial score (nSPS) is 23.6. The Balaban J connectivity index is 1.88. The van der Waals surface area contributed by atoms with Crippen LogP contribution in [0, 0.1) is 10.7 Å². The molecule has 1 aliphatic carbocycles. The first-order valence-corrected chi connectivity index (χ1v) is 6.63. The minimum atomic E-state index is -0.458. The van der Waals surface area contributed by atoms with E-state index in [4.69, 9.17) is 4.74 Å². The standard InChI is InChI=1S/C14H15FN2O3/c1-9-7-17(13(18)20-9)10-2-3-11(12(15)6-10)14(4-5-14)8-16-19/h2-3,6,9H,4-5,7-8H2,1H3. The summed E-state index contributed by atoms with van der Waals surface area (Å²) >= 11 is 0. The van der Waals surface area contributed by atoms with Crippen molar-refractivity contribution in [2.75, 3.05) is 18.0 Å². The van der Waals surface area contributed by atoms with Gasteiger partial charge in [-0.2, -0.15) is 4.91 Å². The van der Waals surface area contributed by atoms with E-state index in [2.05, 4.69) is 5.18 Å². The molecule has 0 radical (unpaired) electrons. The highest BCUT2D eigenvalue weighted by Crippen LogP contribution is 2.49. The van der Waals surface area contributed by atoms with Gasteiger partial charge in [0, 0.05) is 5.41 Å². The number of hydrogen-bond acceptors (Lipinski definition) is 4. The second kappa shape index (κ2) is 4.54. The average molecular weight is 278 g/mol. The van der Waals surface area contributed by atoms with Gasteiger partial charge in [-0.05, 0) is 37.5 Å². The predicted molar refractivity (Wildman–Crippen MR) is 71.3 cm³/mol. The van der Waals surface area contributed by atoms with Crippen LogP contribution >= 0.6 is 0 Å². The Morgan fingerprint density at radius 1 is 1.50 bits per heavy atom. The molecule has 0 spiro atoms. The van der Waals surface area contributed by atoms with E-state index in [9.17, 15) is 14.1 Å². The van der Waals surface area contributed by atoms with Gasteiger partial charge in [0.05, 0.1) is 18.8 Å². The molecule has 2 aliphatic rings. The number of ether oxygens (including phenoxy) is 1. The maximum absolute atomic E-state index is 14.3. The Kier molecular flexibility index (Phi) is 2.96. The van der Waals surface area contributed by atoms with Crippen LogP contribution in [0.15, 0.2) is 23.4 Å². The van der Waals surface area contributed by atoms with Gasteiger partial charge in [-0.3, -0.25) is 4.90 Å². The Morgan fingerprint density at radius 2 is 2.25 bits per heavy atom. The lowest BCUT2D eigenvalue weighted by Crippen LogP contribution is -2.24. The van der Waals surface area contributed by atoms with Crippen molar-refractivity contribution in [3.05, 3.63) is 34.5 Å². The third kappa shape index (κ3) is 2.05. The second-order valence-electron chi connectivity index (χ2n) is 5.54. The molecule has 5 nitrogen and oxygen atoms in total. The number of halogens is 1. The first-order valence-electron chi connectivity index (χ1n) is 6.63. The molecule has 1 aliphatic heterocycles. The van der Waals surface area contributed by atoms with Gasteiger partial charge in [-0.25, -0.2) is 9.18 Å². The van der Waals surface area contributed by atoms with Crippen molar-refractivity contribution in [3.63, 3.8) is 0 Å². The predicted octanol–water partition coefficient (Wildman–Crippen LogP) is 2.97. The van der Waals surface area contributed by atoms with Crippen LogP contribution in [-0.2, 0) is 10.2 Å². The SMILES string of the molecule is CC1CN(c2ccc(C3(CN=O)CC3)c(F)c2)C(=O)O1. The Morgan fingerprint density at radius 3 is 2.75 bits per heavy atom. The Labute approximate surface area is 115 Å². The zero-order chi connectivity index (χ0) is 14.3. The van der Waals surface area contributed by atoms with Gasteiger partial charge in [0.25, 0.3) is 0 Å². The van der Waals surface area contributed by atoms with Crippen LogP contribution < -0.4 is 4.90 Å². The highest BCUT2D eigenvalue weighted by molar-refractivity contribution is 5.89. The lowest BCUT2D eigenvalue weighted by Gasteiger charge is -2.17. The number of anilines is 1. The number of amides is 1. The summed E-state index contributed by atoms with van der Waals surface area (Å²) in [6.45, 7) is 2.31. The third-order valence-corrected chi connectivity index (χ3v) is 4.02. The molecule has 20 heavy (non-hydrogen) atoms. The van der Waals surface area contributed by atoms with Crippen LogP contribution in [-0.4, -0.2) is 25.3 Å². The zero-order valence-electron chi connectivity index (χ0n) is 11.1. The van der Waals surface area contributed by atoms with Gasteiger partial charge in [-0.15, -0.1) is 0 Å². The monoisotopic (exact) mass is 278 g/mol. The molecule has 1 aromatic rings. The van der Waals surface area contributed by atoms with Gasteiger partial charge >= 0.3 is 6.09 Å². The fourth-order valence-electron chi connectivity index (χ4n) is 2.70. The van der Waals surface area contributed by atoms with Crippen LogP contribution in [0.3, 0.4) is 0 Å². The van der Waals surface area contributed by atoms with Gasteiger partial charge in [0.15, 0.2) is 0 Å². The first-order chi connectivity index (χ1) is 9.55. The van der Waals surface area contributed by atoms with Crippen LogP contribution in [0.1, 0.15) is 25.3 Å². The average Bonchev–Trinajstić information content (AvgIpc) is 3.08. The van der Waals surface area contributed by atoms with Crippen LogP contribution in [0.5, 0.6) is 0 Å². The second-order valence-corrected chi connectivity index (χ2v) is 5.54. The molecule has 1 atom stereocenters. The summed E-state index contributed by atoms with van der Waals surface area (Å²) in [6, 6.07) is 4.68. The number of nitroso groups, excluding NO2 is 1. The van der Waals surface area contributed by atoms with Crippen LogP contribution in [0.25, 0.3) is 0 Å². The van der Waals surface area contributed by atoms with Crippen LogP contribution in [0.2, 0.25) is 0 Å². The minimum Gasteiger partial charge on any atom is -0.444 e. The van der Waals surface area contributed by atoms with Crippen molar-refractivity contribution in [2.45, 2.75) is 31.3 Å². The number of rotatable bonds is 4. The van der Waals surface area contributed by atoms with E-state index in [-0.39, 0.29) is 12.6 Å². The summed E-state index contributed by atoms with van der Waals surface area (Å²) in [5.41, 5.74) is 0.570. The summed E-state index contributed by atoms with van der Waals surface area (Å²) in [5.74, 6) is -0.393. The topological polar surface area (TPSA) is 59.0 Å². The molecule has 6 heteroatoms. The molecule has 1 amide bonds. The molecule has 1 heterocycles. The van der Waals surface area contributed by atoms with E-state index in [1.165, 1.54) is 11.0 Å². The molecular formula is C14H15FN2O3. The van der Waals surface area contributed by atoms with E-state index in [0.29, 0.717) is 17.8 Å².